The van der Waals surface area contributed by atoms with Crippen molar-refractivity contribution in [1.29, 1.82) is 0 Å². The standard InChI is InChI=1S/C17H35N/c1-5-18-16(13-14-17(2,3)4)15-11-9-7-6-8-10-12-15/h15-16,18H,5-14H2,1-4H3. The fraction of sp³-hybridized carbons (Fsp3) is 1.00. The summed E-state index contributed by atoms with van der Waals surface area (Å²) in [5.74, 6) is 0.938. The van der Waals surface area contributed by atoms with Gasteiger partial charge in [0.25, 0.3) is 0 Å². The molecule has 0 aromatic rings. The Bertz CT molecular complexity index is 196. The Labute approximate surface area is 115 Å². The molecule has 0 amide bonds. The van der Waals surface area contributed by atoms with E-state index in [1.807, 2.05) is 0 Å². The number of rotatable bonds is 5. The van der Waals surface area contributed by atoms with Crippen molar-refractivity contribution in [2.24, 2.45) is 11.3 Å². The maximum absolute atomic E-state index is 3.77. The van der Waals surface area contributed by atoms with E-state index in [0.717, 1.165) is 18.5 Å². The first kappa shape index (κ1) is 16.0. The highest BCUT2D eigenvalue weighted by Gasteiger charge is 2.23. The summed E-state index contributed by atoms with van der Waals surface area (Å²) in [5.41, 5.74) is 0.481. The van der Waals surface area contributed by atoms with Gasteiger partial charge in [-0.2, -0.15) is 0 Å². The molecule has 1 aliphatic rings. The van der Waals surface area contributed by atoms with E-state index in [1.165, 1.54) is 57.8 Å². The van der Waals surface area contributed by atoms with Crippen molar-refractivity contribution in [2.75, 3.05) is 6.54 Å². The van der Waals surface area contributed by atoms with Crippen LogP contribution in [0, 0.1) is 11.3 Å². The molecule has 0 saturated heterocycles. The zero-order valence-corrected chi connectivity index (χ0v) is 13.2. The summed E-state index contributed by atoms with van der Waals surface area (Å²) in [6, 6.07) is 0.771. The highest BCUT2D eigenvalue weighted by molar-refractivity contribution is 4.79. The van der Waals surface area contributed by atoms with Gasteiger partial charge in [0.05, 0.1) is 0 Å². The third kappa shape index (κ3) is 6.78. The van der Waals surface area contributed by atoms with Gasteiger partial charge >= 0.3 is 0 Å². The van der Waals surface area contributed by atoms with Gasteiger partial charge in [0.15, 0.2) is 0 Å². The smallest absolute Gasteiger partial charge is 0.00954 e. The summed E-state index contributed by atoms with van der Waals surface area (Å²) >= 11 is 0. The van der Waals surface area contributed by atoms with Crippen molar-refractivity contribution < 1.29 is 0 Å². The average Bonchev–Trinajstić information content (AvgIpc) is 2.23. The average molecular weight is 253 g/mol. The van der Waals surface area contributed by atoms with Crippen LogP contribution < -0.4 is 5.32 Å². The molecule has 1 atom stereocenters. The third-order valence-electron chi connectivity index (χ3n) is 4.39. The second-order valence-corrected chi connectivity index (χ2v) is 7.37. The molecule has 1 rings (SSSR count). The number of hydrogen-bond acceptors (Lipinski definition) is 1. The Morgan fingerprint density at radius 2 is 1.56 bits per heavy atom. The Balaban J connectivity index is 2.46. The van der Waals surface area contributed by atoms with Gasteiger partial charge in [-0.1, -0.05) is 59.8 Å². The molecule has 0 aromatic carbocycles. The summed E-state index contributed by atoms with van der Waals surface area (Å²) in [7, 11) is 0. The van der Waals surface area contributed by atoms with Gasteiger partial charge in [-0.25, -0.2) is 0 Å². The molecule has 1 N–H and O–H groups in total. The van der Waals surface area contributed by atoms with Crippen LogP contribution >= 0.6 is 0 Å². The molecule has 0 aromatic heterocycles. The van der Waals surface area contributed by atoms with E-state index in [0.29, 0.717) is 5.41 Å². The summed E-state index contributed by atoms with van der Waals surface area (Å²) in [5, 5.41) is 3.77. The Morgan fingerprint density at radius 1 is 1.00 bits per heavy atom. The SMILES string of the molecule is CCNC(CCC(C)(C)C)C1CCCCCCC1. The molecular weight excluding hydrogens is 218 g/mol. The molecule has 18 heavy (non-hydrogen) atoms. The quantitative estimate of drug-likeness (QED) is 0.714. The van der Waals surface area contributed by atoms with Gasteiger partial charge < -0.3 is 5.32 Å². The lowest BCUT2D eigenvalue weighted by atomic mass is 9.80. The van der Waals surface area contributed by atoms with Crippen molar-refractivity contribution in [2.45, 2.75) is 91.5 Å². The Kier molecular flexibility index (Phi) is 7.29. The van der Waals surface area contributed by atoms with Crippen LogP contribution in [-0.2, 0) is 0 Å². The van der Waals surface area contributed by atoms with Gasteiger partial charge in [0.2, 0.25) is 0 Å². The van der Waals surface area contributed by atoms with E-state index in [-0.39, 0.29) is 0 Å². The number of hydrogen-bond donors (Lipinski definition) is 1. The fourth-order valence-corrected chi connectivity index (χ4v) is 3.25. The molecule has 1 heteroatoms. The van der Waals surface area contributed by atoms with Crippen LogP contribution in [0.15, 0.2) is 0 Å². The zero-order chi connectivity index (χ0) is 13.4. The van der Waals surface area contributed by atoms with E-state index in [2.05, 4.69) is 33.0 Å². The van der Waals surface area contributed by atoms with Crippen LogP contribution in [-0.4, -0.2) is 12.6 Å². The minimum Gasteiger partial charge on any atom is -0.314 e. The molecule has 1 fully saturated rings. The fourth-order valence-electron chi connectivity index (χ4n) is 3.25. The lowest BCUT2D eigenvalue weighted by Gasteiger charge is -2.31. The van der Waals surface area contributed by atoms with Crippen molar-refractivity contribution in [3.63, 3.8) is 0 Å². The van der Waals surface area contributed by atoms with Crippen molar-refractivity contribution in [3.05, 3.63) is 0 Å². The molecule has 0 radical (unpaired) electrons. The zero-order valence-electron chi connectivity index (χ0n) is 13.2. The second kappa shape index (κ2) is 8.19. The first-order chi connectivity index (χ1) is 8.53. The normalized spacial score (nSPS) is 21.3. The lowest BCUT2D eigenvalue weighted by Crippen LogP contribution is -2.37. The molecule has 1 unspecified atom stereocenters. The minimum atomic E-state index is 0.481. The summed E-state index contributed by atoms with van der Waals surface area (Å²) < 4.78 is 0. The van der Waals surface area contributed by atoms with Crippen LogP contribution in [0.2, 0.25) is 0 Å². The highest BCUT2D eigenvalue weighted by Crippen LogP contribution is 2.29. The molecule has 1 aliphatic carbocycles. The summed E-state index contributed by atoms with van der Waals surface area (Å²) in [6.07, 6.45) is 13.0. The van der Waals surface area contributed by atoms with Gasteiger partial charge in [-0.15, -0.1) is 0 Å². The summed E-state index contributed by atoms with van der Waals surface area (Å²) in [6.45, 7) is 10.5. The van der Waals surface area contributed by atoms with Gasteiger partial charge in [0.1, 0.15) is 0 Å². The summed E-state index contributed by atoms with van der Waals surface area (Å²) in [4.78, 5) is 0. The largest absolute Gasteiger partial charge is 0.314 e. The van der Waals surface area contributed by atoms with E-state index in [1.54, 1.807) is 0 Å². The third-order valence-corrected chi connectivity index (χ3v) is 4.39. The van der Waals surface area contributed by atoms with Crippen molar-refractivity contribution >= 4 is 0 Å². The second-order valence-electron chi connectivity index (χ2n) is 7.37. The molecule has 108 valence electrons. The first-order valence-electron chi connectivity index (χ1n) is 8.26. The lowest BCUT2D eigenvalue weighted by molar-refractivity contribution is 0.244. The maximum Gasteiger partial charge on any atom is 0.00954 e. The molecule has 0 bridgehead atoms. The van der Waals surface area contributed by atoms with Gasteiger partial charge in [-0.05, 0) is 43.6 Å². The minimum absolute atomic E-state index is 0.481. The highest BCUT2D eigenvalue weighted by atomic mass is 14.9. The van der Waals surface area contributed by atoms with Crippen molar-refractivity contribution in [1.82, 2.24) is 5.32 Å². The predicted molar refractivity (Wildman–Crippen MR) is 82.0 cm³/mol. The van der Waals surface area contributed by atoms with Crippen LogP contribution in [0.25, 0.3) is 0 Å². The van der Waals surface area contributed by atoms with Gasteiger partial charge in [0, 0.05) is 6.04 Å². The molecule has 0 aliphatic heterocycles. The maximum atomic E-state index is 3.77. The Hall–Kier alpha value is -0.0400. The monoisotopic (exact) mass is 253 g/mol. The van der Waals surface area contributed by atoms with Gasteiger partial charge in [-0.3, -0.25) is 0 Å². The van der Waals surface area contributed by atoms with E-state index in [4.69, 9.17) is 0 Å². The molecular formula is C17H35N. The molecule has 0 heterocycles. The van der Waals surface area contributed by atoms with E-state index >= 15 is 0 Å². The predicted octanol–water partition coefficient (Wildman–Crippen LogP) is 5.15. The van der Waals surface area contributed by atoms with Crippen molar-refractivity contribution in [3.8, 4) is 0 Å². The van der Waals surface area contributed by atoms with Crippen LogP contribution in [0.5, 0.6) is 0 Å². The van der Waals surface area contributed by atoms with E-state index < -0.39 is 0 Å². The molecule has 1 saturated carbocycles. The topological polar surface area (TPSA) is 12.0 Å². The number of nitrogens with one attached hydrogen (secondary N) is 1. The van der Waals surface area contributed by atoms with Crippen LogP contribution in [0.4, 0.5) is 0 Å². The molecule has 0 spiro atoms. The molecule has 1 nitrogen and oxygen atoms in total. The first-order valence-corrected chi connectivity index (χ1v) is 8.26. The van der Waals surface area contributed by atoms with E-state index in [9.17, 15) is 0 Å². The van der Waals surface area contributed by atoms with Crippen LogP contribution in [0.1, 0.15) is 85.5 Å². The van der Waals surface area contributed by atoms with Crippen LogP contribution in [0.3, 0.4) is 0 Å². The Morgan fingerprint density at radius 3 is 2.06 bits per heavy atom.